The minimum atomic E-state index is -2.85. The molecule has 1 aromatic heterocycles. The molecule has 0 aliphatic heterocycles. The SMILES string of the molecule is CC(c1cccc(OC(F)F)c1)n1ncc(Cl)c1N. The van der Waals surface area contributed by atoms with E-state index in [1.165, 1.54) is 23.0 Å². The van der Waals surface area contributed by atoms with Gasteiger partial charge in [-0.1, -0.05) is 23.7 Å². The van der Waals surface area contributed by atoms with Crippen LogP contribution in [0.3, 0.4) is 0 Å². The van der Waals surface area contributed by atoms with Crippen LogP contribution in [0, 0.1) is 0 Å². The lowest BCUT2D eigenvalue weighted by Gasteiger charge is -2.15. The first-order valence-electron chi connectivity index (χ1n) is 5.52. The molecular formula is C12H12ClF2N3O. The summed E-state index contributed by atoms with van der Waals surface area (Å²) in [5.41, 5.74) is 6.52. The van der Waals surface area contributed by atoms with E-state index in [-0.39, 0.29) is 11.8 Å². The molecule has 0 saturated carbocycles. The van der Waals surface area contributed by atoms with Gasteiger partial charge in [-0.25, -0.2) is 4.68 Å². The van der Waals surface area contributed by atoms with E-state index < -0.39 is 6.61 Å². The van der Waals surface area contributed by atoms with Crippen molar-refractivity contribution in [2.75, 3.05) is 5.73 Å². The number of anilines is 1. The van der Waals surface area contributed by atoms with Gasteiger partial charge < -0.3 is 10.5 Å². The zero-order valence-electron chi connectivity index (χ0n) is 10.1. The molecule has 0 aliphatic rings. The van der Waals surface area contributed by atoms with E-state index in [2.05, 4.69) is 9.84 Å². The van der Waals surface area contributed by atoms with Gasteiger partial charge in [-0.3, -0.25) is 0 Å². The Morgan fingerprint density at radius 1 is 1.42 bits per heavy atom. The number of hydrogen-bond acceptors (Lipinski definition) is 3. The molecule has 0 bridgehead atoms. The first-order chi connectivity index (χ1) is 8.99. The second kappa shape index (κ2) is 5.44. The summed E-state index contributed by atoms with van der Waals surface area (Å²) in [4.78, 5) is 0. The molecule has 2 N–H and O–H groups in total. The van der Waals surface area contributed by atoms with Crippen molar-refractivity contribution in [3.63, 3.8) is 0 Å². The van der Waals surface area contributed by atoms with Crippen LogP contribution in [-0.2, 0) is 0 Å². The van der Waals surface area contributed by atoms with Crippen LogP contribution in [0.2, 0.25) is 5.02 Å². The van der Waals surface area contributed by atoms with Crippen molar-refractivity contribution in [3.8, 4) is 5.75 Å². The van der Waals surface area contributed by atoms with Gasteiger partial charge in [0.05, 0.1) is 12.2 Å². The highest BCUT2D eigenvalue weighted by Crippen LogP contribution is 2.27. The first kappa shape index (κ1) is 13.6. The summed E-state index contributed by atoms with van der Waals surface area (Å²) in [7, 11) is 0. The van der Waals surface area contributed by atoms with E-state index in [0.29, 0.717) is 10.8 Å². The predicted octanol–water partition coefficient (Wildman–Crippen LogP) is 3.33. The zero-order chi connectivity index (χ0) is 14.0. The van der Waals surface area contributed by atoms with Crippen molar-refractivity contribution in [2.24, 2.45) is 0 Å². The van der Waals surface area contributed by atoms with Crippen LogP contribution >= 0.6 is 11.6 Å². The lowest BCUT2D eigenvalue weighted by Crippen LogP contribution is -2.12. The molecule has 0 radical (unpaired) electrons. The molecule has 1 heterocycles. The van der Waals surface area contributed by atoms with Gasteiger partial charge in [0.25, 0.3) is 0 Å². The summed E-state index contributed by atoms with van der Waals surface area (Å²) in [5, 5.41) is 4.41. The number of nitrogens with zero attached hydrogens (tertiary/aromatic N) is 2. The molecular weight excluding hydrogens is 276 g/mol. The number of ether oxygens (including phenoxy) is 1. The Bertz CT molecular complexity index is 574. The number of rotatable bonds is 4. The van der Waals surface area contributed by atoms with Crippen LogP contribution in [0.15, 0.2) is 30.5 Å². The molecule has 0 aliphatic carbocycles. The Morgan fingerprint density at radius 2 is 2.16 bits per heavy atom. The summed E-state index contributed by atoms with van der Waals surface area (Å²) >= 11 is 5.83. The Kier molecular flexibility index (Phi) is 3.90. The van der Waals surface area contributed by atoms with Crippen LogP contribution in [-0.4, -0.2) is 16.4 Å². The Labute approximate surface area is 113 Å². The first-order valence-corrected chi connectivity index (χ1v) is 5.90. The summed E-state index contributed by atoms with van der Waals surface area (Å²) < 4.78 is 30.2. The molecule has 7 heteroatoms. The topological polar surface area (TPSA) is 53.1 Å². The molecule has 0 amide bonds. The van der Waals surface area contributed by atoms with Gasteiger partial charge in [0, 0.05) is 0 Å². The Morgan fingerprint density at radius 3 is 2.74 bits per heavy atom. The van der Waals surface area contributed by atoms with Crippen LogP contribution in [0.4, 0.5) is 14.6 Å². The number of halogens is 3. The van der Waals surface area contributed by atoms with E-state index in [9.17, 15) is 8.78 Å². The molecule has 4 nitrogen and oxygen atoms in total. The van der Waals surface area contributed by atoms with Crippen molar-refractivity contribution in [2.45, 2.75) is 19.6 Å². The Balaban J connectivity index is 2.28. The average molecular weight is 288 g/mol. The molecule has 2 aromatic rings. The Hall–Kier alpha value is -1.82. The fourth-order valence-electron chi connectivity index (χ4n) is 1.75. The average Bonchev–Trinajstić information content (AvgIpc) is 2.69. The lowest BCUT2D eigenvalue weighted by molar-refractivity contribution is -0.0499. The molecule has 0 spiro atoms. The van der Waals surface area contributed by atoms with Gasteiger partial charge in [0.2, 0.25) is 0 Å². The van der Waals surface area contributed by atoms with Crippen LogP contribution in [0.25, 0.3) is 0 Å². The molecule has 0 fully saturated rings. The van der Waals surface area contributed by atoms with E-state index in [1.54, 1.807) is 12.1 Å². The number of hydrogen-bond donors (Lipinski definition) is 1. The van der Waals surface area contributed by atoms with Gasteiger partial charge in [-0.05, 0) is 24.6 Å². The third kappa shape index (κ3) is 2.96. The van der Waals surface area contributed by atoms with Crippen molar-refractivity contribution in [1.82, 2.24) is 9.78 Å². The third-order valence-electron chi connectivity index (χ3n) is 2.72. The predicted molar refractivity (Wildman–Crippen MR) is 68.5 cm³/mol. The van der Waals surface area contributed by atoms with E-state index in [4.69, 9.17) is 17.3 Å². The zero-order valence-corrected chi connectivity index (χ0v) is 10.8. The highest BCUT2D eigenvalue weighted by molar-refractivity contribution is 6.32. The third-order valence-corrected chi connectivity index (χ3v) is 3.01. The number of benzene rings is 1. The minimum Gasteiger partial charge on any atom is -0.435 e. The van der Waals surface area contributed by atoms with Gasteiger partial charge in [0.15, 0.2) is 0 Å². The lowest BCUT2D eigenvalue weighted by atomic mass is 10.1. The van der Waals surface area contributed by atoms with E-state index in [1.807, 2.05) is 6.92 Å². The van der Waals surface area contributed by atoms with Gasteiger partial charge >= 0.3 is 6.61 Å². The quantitative estimate of drug-likeness (QED) is 0.938. The molecule has 1 atom stereocenters. The van der Waals surface area contributed by atoms with Gasteiger partial charge in [-0.2, -0.15) is 13.9 Å². The summed E-state index contributed by atoms with van der Waals surface area (Å²) in [6.07, 6.45) is 1.44. The van der Waals surface area contributed by atoms with Crippen molar-refractivity contribution in [1.29, 1.82) is 0 Å². The van der Waals surface area contributed by atoms with Gasteiger partial charge in [0.1, 0.15) is 16.6 Å². The number of alkyl halides is 2. The normalized spacial score (nSPS) is 12.7. The standard InChI is InChI=1S/C12H12ClF2N3O/c1-7(18-11(16)10(13)6-17-18)8-3-2-4-9(5-8)19-12(14)15/h2-7,12H,16H2,1H3. The summed E-state index contributed by atoms with van der Waals surface area (Å²) in [6, 6.07) is 6.14. The molecule has 1 aromatic carbocycles. The second-order valence-corrected chi connectivity index (χ2v) is 4.36. The largest absolute Gasteiger partial charge is 0.435 e. The highest BCUT2D eigenvalue weighted by Gasteiger charge is 2.15. The molecule has 19 heavy (non-hydrogen) atoms. The van der Waals surface area contributed by atoms with Crippen molar-refractivity contribution >= 4 is 17.4 Å². The van der Waals surface area contributed by atoms with Crippen LogP contribution < -0.4 is 10.5 Å². The molecule has 2 rings (SSSR count). The van der Waals surface area contributed by atoms with Crippen LogP contribution in [0.5, 0.6) is 5.75 Å². The van der Waals surface area contributed by atoms with Gasteiger partial charge in [-0.15, -0.1) is 0 Å². The van der Waals surface area contributed by atoms with Crippen molar-refractivity contribution < 1.29 is 13.5 Å². The van der Waals surface area contributed by atoms with Crippen molar-refractivity contribution in [3.05, 3.63) is 41.0 Å². The highest BCUT2D eigenvalue weighted by atomic mass is 35.5. The van der Waals surface area contributed by atoms with E-state index in [0.717, 1.165) is 5.56 Å². The summed E-state index contributed by atoms with van der Waals surface area (Å²) in [5.74, 6) is 0.422. The second-order valence-electron chi connectivity index (χ2n) is 3.95. The fraction of sp³-hybridized carbons (Fsp3) is 0.250. The van der Waals surface area contributed by atoms with E-state index >= 15 is 0 Å². The summed E-state index contributed by atoms with van der Waals surface area (Å²) in [6.45, 7) is -1.02. The number of nitrogen functional groups attached to an aromatic ring is 1. The minimum absolute atomic E-state index is 0.0937. The maximum atomic E-state index is 12.2. The number of nitrogens with two attached hydrogens (primary N) is 1. The maximum absolute atomic E-state index is 12.2. The molecule has 1 unspecified atom stereocenters. The number of aromatic nitrogens is 2. The van der Waals surface area contributed by atoms with Crippen LogP contribution in [0.1, 0.15) is 18.5 Å². The fourth-order valence-corrected chi connectivity index (χ4v) is 1.88. The maximum Gasteiger partial charge on any atom is 0.387 e. The monoisotopic (exact) mass is 287 g/mol. The molecule has 102 valence electrons. The molecule has 0 saturated heterocycles. The smallest absolute Gasteiger partial charge is 0.387 e.